The van der Waals surface area contributed by atoms with Crippen LogP contribution in [0.25, 0.3) is 11.1 Å². The lowest BCUT2D eigenvalue weighted by molar-refractivity contribution is -0.147. The molecule has 0 aliphatic carbocycles. The molecule has 2 fully saturated rings. The molecule has 2 aromatic rings. The van der Waals surface area contributed by atoms with E-state index in [-0.39, 0.29) is 18.4 Å². The molecule has 1 aromatic heterocycles. The number of pyridine rings is 1. The third-order valence-corrected chi connectivity index (χ3v) is 6.25. The van der Waals surface area contributed by atoms with E-state index < -0.39 is 5.41 Å². The Hall–Kier alpha value is -2.24. The largest absolute Gasteiger partial charge is 0.396 e. The van der Waals surface area contributed by atoms with Crippen LogP contribution >= 0.6 is 0 Å². The highest BCUT2D eigenvalue weighted by atomic mass is 16.5. The Labute approximate surface area is 166 Å². The molecule has 2 aliphatic heterocycles. The molecule has 4 rings (SSSR count). The van der Waals surface area contributed by atoms with Gasteiger partial charge in [-0.1, -0.05) is 30.3 Å². The predicted molar refractivity (Wildman–Crippen MR) is 108 cm³/mol. The van der Waals surface area contributed by atoms with Crippen molar-refractivity contribution in [2.75, 3.05) is 32.9 Å². The number of amides is 1. The van der Waals surface area contributed by atoms with E-state index in [1.54, 1.807) is 6.20 Å². The lowest BCUT2D eigenvalue weighted by atomic mass is 9.73. The maximum absolute atomic E-state index is 13.6. The molecule has 2 saturated heterocycles. The van der Waals surface area contributed by atoms with Crippen LogP contribution in [0.4, 0.5) is 0 Å². The van der Waals surface area contributed by atoms with E-state index in [9.17, 15) is 9.90 Å². The summed E-state index contributed by atoms with van der Waals surface area (Å²) in [5.74, 6) is 0.441. The van der Waals surface area contributed by atoms with Crippen molar-refractivity contribution in [1.29, 1.82) is 0 Å². The number of rotatable bonds is 5. The van der Waals surface area contributed by atoms with Crippen LogP contribution in [0.5, 0.6) is 0 Å². The number of likely N-dealkylation sites (tertiary alicyclic amines) is 1. The predicted octanol–water partition coefficient (Wildman–Crippen LogP) is 2.93. The Morgan fingerprint density at radius 3 is 2.75 bits per heavy atom. The molecule has 2 aliphatic rings. The summed E-state index contributed by atoms with van der Waals surface area (Å²) in [6.45, 7) is 2.82. The lowest BCUT2D eigenvalue weighted by Crippen LogP contribution is -2.47. The smallest absolute Gasteiger partial charge is 0.229 e. The molecule has 0 radical (unpaired) electrons. The van der Waals surface area contributed by atoms with Gasteiger partial charge in [-0.15, -0.1) is 0 Å². The van der Waals surface area contributed by atoms with Crippen molar-refractivity contribution < 1.29 is 14.6 Å². The van der Waals surface area contributed by atoms with Gasteiger partial charge in [-0.25, -0.2) is 0 Å². The molecular weight excluding hydrogens is 352 g/mol. The summed E-state index contributed by atoms with van der Waals surface area (Å²) < 4.78 is 5.61. The molecule has 0 saturated carbocycles. The van der Waals surface area contributed by atoms with E-state index >= 15 is 0 Å². The Morgan fingerprint density at radius 2 is 2.04 bits per heavy atom. The number of carbonyl (C=O) groups is 1. The minimum atomic E-state index is -0.430. The minimum absolute atomic E-state index is 0.156. The van der Waals surface area contributed by atoms with Gasteiger partial charge in [0.15, 0.2) is 0 Å². The Balaban J connectivity index is 1.64. The molecule has 1 amide bonds. The lowest BCUT2D eigenvalue weighted by Gasteiger charge is -2.39. The van der Waals surface area contributed by atoms with Crippen molar-refractivity contribution in [1.82, 2.24) is 9.88 Å². The molecule has 28 heavy (non-hydrogen) atoms. The highest BCUT2D eigenvalue weighted by Gasteiger charge is 2.44. The quantitative estimate of drug-likeness (QED) is 0.866. The first-order valence-electron chi connectivity index (χ1n) is 10.2. The van der Waals surface area contributed by atoms with Crippen LogP contribution in [0.3, 0.4) is 0 Å². The van der Waals surface area contributed by atoms with Gasteiger partial charge in [0.2, 0.25) is 5.91 Å². The number of ether oxygens (including phenoxy) is 1. The SMILES string of the molecule is O=C(N1CCC(CO)C1)C1(Cc2ccccc2-c2cccnc2)CCOCC1. The Morgan fingerprint density at radius 1 is 1.21 bits per heavy atom. The van der Waals surface area contributed by atoms with E-state index in [0.717, 1.165) is 36.9 Å². The van der Waals surface area contributed by atoms with Gasteiger partial charge < -0.3 is 14.7 Å². The maximum Gasteiger partial charge on any atom is 0.229 e. The Kier molecular flexibility index (Phi) is 5.74. The van der Waals surface area contributed by atoms with Crippen molar-refractivity contribution in [3.8, 4) is 11.1 Å². The molecule has 1 atom stereocenters. The van der Waals surface area contributed by atoms with E-state index in [2.05, 4.69) is 23.2 Å². The van der Waals surface area contributed by atoms with Crippen molar-refractivity contribution in [3.05, 3.63) is 54.4 Å². The first kappa shape index (κ1) is 19.1. The normalized spacial score (nSPS) is 21.6. The molecule has 1 N–H and O–H groups in total. The third kappa shape index (κ3) is 3.82. The van der Waals surface area contributed by atoms with Crippen LogP contribution in [0.15, 0.2) is 48.8 Å². The zero-order chi connectivity index (χ0) is 19.4. The van der Waals surface area contributed by atoms with E-state index in [4.69, 9.17) is 4.74 Å². The standard InChI is InChI=1S/C23H28N2O3/c26-17-18-7-11-25(16-18)22(27)23(8-12-28-13-9-23)14-19-4-1-2-6-21(19)20-5-3-10-24-15-20/h1-6,10,15,18,26H,7-9,11-14,16-17H2. The zero-order valence-electron chi connectivity index (χ0n) is 16.2. The van der Waals surface area contributed by atoms with Gasteiger partial charge in [0.05, 0.1) is 5.41 Å². The first-order valence-corrected chi connectivity index (χ1v) is 10.2. The van der Waals surface area contributed by atoms with Crippen LogP contribution in [0.2, 0.25) is 0 Å². The minimum Gasteiger partial charge on any atom is -0.396 e. The fourth-order valence-corrected chi connectivity index (χ4v) is 4.57. The number of hydrogen-bond acceptors (Lipinski definition) is 4. The van der Waals surface area contributed by atoms with Crippen LogP contribution in [-0.4, -0.2) is 53.8 Å². The van der Waals surface area contributed by atoms with Gasteiger partial charge in [-0.05, 0) is 42.9 Å². The summed E-state index contributed by atoms with van der Waals surface area (Å²) in [6, 6.07) is 12.3. The van der Waals surface area contributed by atoms with Crippen molar-refractivity contribution in [2.45, 2.75) is 25.7 Å². The molecule has 5 nitrogen and oxygen atoms in total. The summed E-state index contributed by atoms with van der Waals surface area (Å²) in [6.07, 6.45) is 6.74. The summed E-state index contributed by atoms with van der Waals surface area (Å²) >= 11 is 0. The van der Waals surface area contributed by atoms with Crippen molar-refractivity contribution in [3.63, 3.8) is 0 Å². The molecule has 148 valence electrons. The second-order valence-electron chi connectivity index (χ2n) is 8.06. The fraction of sp³-hybridized carbons (Fsp3) is 0.478. The number of benzene rings is 1. The van der Waals surface area contributed by atoms with Crippen LogP contribution in [0, 0.1) is 11.3 Å². The number of carbonyl (C=O) groups excluding carboxylic acids is 1. The molecule has 3 heterocycles. The molecular formula is C23H28N2O3. The topological polar surface area (TPSA) is 62.7 Å². The third-order valence-electron chi connectivity index (χ3n) is 6.25. The maximum atomic E-state index is 13.6. The van der Waals surface area contributed by atoms with Gasteiger partial charge in [0.1, 0.15) is 0 Å². The molecule has 5 heteroatoms. The van der Waals surface area contributed by atoms with Crippen LogP contribution < -0.4 is 0 Å². The van der Waals surface area contributed by atoms with Gasteiger partial charge in [0.25, 0.3) is 0 Å². The number of nitrogens with zero attached hydrogens (tertiary/aromatic N) is 2. The van der Waals surface area contributed by atoms with Crippen molar-refractivity contribution in [2.24, 2.45) is 11.3 Å². The average Bonchev–Trinajstić information content (AvgIpc) is 3.24. The second kappa shape index (κ2) is 8.41. The molecule has 0 spiro atoms. The molecule has 0 bridgehead atoms. The highest BCUT2D eigenvalue weighted by Crippen LogP contribution is 2.40. The average molecular weight is 380 g/mol. The van der Waals surface area contributed by atoms with Gasteiger partial charge in [-0.2, -0.15) is 0 Å². The van der Waals surface area contributed by atoms with Crippen LogP contribution in [-0.2, 0) is 16.0 Å². The number of aliphatic hydroxyl groups excluding tert-OH is 1. The van der Waals surface area contributed by atoms with Crippen molar-refractivity contribution >= 4 is 5.91 Å². The summed E-state index contributed by atoms with van der Waals surface area (Å²) in [5.41, 5.74) is 2.97. The summed E-state index contributed by atoms with van der Waals surface area (Å²) in [4.78, 5) is 19.8. The monoisotopic (exact) mass is 380 g/mol. The summed E-state index contributed by atoms with van der Waals surface area (Å²) in [5, 5.41) is 9.47. The zero-order valence-corrected chi connectivity index (χ0v) is 16.2. The summed E-state index contributed by atoms with van der Waals surface area (Å²) in [7, 11) is 0. The highest BCUT2D eigenvalue weighted by molar-refractivity contribution is 5.84. The van der Waals surface area contributed by atoms with E-state index in [1.165, 1.54) is 5.56 Å². The van der Waals surface area contributed by atoms with Gasteiger partial charge >= 0.3 is 0 Å². The number of aromatic nitrogens is 1. The van der Waals surface area contributed by atoms with Gasteiger partial charge in [0, 0.05) is 56.8 Å². The van der Waals surface area contributed by atoms with Gasteiger partial charge in [-0.3, -0.25) is 9.78 Å². The second-order valence-corrected chi connectivity index (χ2v) is 8.06. The van der Waals surface area contributed by atoms with E-state index in [0.29, 0.717) is 26.2 Å². The first-order chi connectivity index (χ1) is 13.7. The van der Waals surface area contributed by atoms with Crippen LogP contribution in [0.1, 0.15) is 24.8 Å². The molecule has 1 aromatic carbocycles. The Bertz CT molecular complexity index is 803. The number of aliphatic hydroxyl groups is 1. The fourth-order valence-electron chi connectivity index (χ4n) is 4.57. The number of hydrogen-bond donors (Lipinski definition) is 1. The van der Waals surface area contributed by atoms with E-state index in [1.807, 2.05) is 29.3 Å². The molecule has 1 unspecified atom stereocenters.